The highest BCUT2D eigenvalue weighted by atomic mass is 16.3. The SMILES string of the molecule is O=C(CN(Cc1ccccc1)Cc1ccco1)N(C1CCCC1)C1CC1. The lowest BCUT2D eigenvalue weighted by Crippen LogP contribution is -2.45. The molecule has 1 heterocycles. The van der Waals surface area contributed by atoms with Crippen molar-refractivity contribution in [3.63, 3.8) is 0 Å². The molecule has 2 saturated carbocycles. The Morgan fingerprint density at radius 1 is 0.923 bits per heavy atom. The summed E-state index contributed by atoms with van der Waals surface area (Å²) in [5.41, 5.74) is 1.23. The van der Waals surface area contributed by atoms with Gasteiger partial charge in [0.25, 0.3) is 0 Å². The molecule has 0 saturated heterocycles. The summed E-state index contributed by atoms with van der Waals surface area (Å²) < 4.78 is 5.54. The summed E-state index contributed by atoms with van der Waals surface area (Å²) in [7, 11) is 0. The van der Waals surface area contributed by atoms with Crippen molar-refractivity contribution >= 4 is 5.91 Å². The lowest BCUT2D eigenvalue weighted by atomic mass is 10.2. The van der Waals surface area contributed by atoms with Gasteiger partial charge in [-0.25, -0.2) is 0 Å². The van der Waals surface area contributed by atoms with Gasteiger partial charge in [0.2, 0.25) is 5.91 Å². The van der Waals surface area contributed by atoms with Crippen molar-refractivity contribution < 1.29 is 9.21 Å². The normalized spacial score (nSPS) is 17.7. The van der Waals surface area contributed by atoms with Crippen molar-refractivity contribution in [1.82, 2.24) is 9.80 Å². The summed E-state index contributed by atoms with van der Waals surface area (Å²) in [6.45, 7) is 1.88. The Kier molecular flexibility index (Phi) is 5.40. The fraction of sp³-hybridized carbons (Fsp3) is 0.500. The van der Waals surface area contributed by atoms with Gasteiger partial charge in [0.05, 0.1) is 19.4 Å². The molecule has 1 aromatic heterocycles. The lowest BCUT2D eigenvalue weighted by Gasteiger charge is -2.32. The van der Waals surface area contributed by atoms with Crippen LogP contribution in [0.5, 0.6) is 0 Å². The van der Waals surface area contributed by atoms with Crippen molar-refractivity contribution in [2.24, 2.45) is 0 Å². The molecule has 0 spiro atoms. The van der Waals surface area contributed by atoms with Gasteiger partial charge in [-0.1, -0.05) is 43.2 Å². The van der Waals surface area contributed by atoms with E-state index in [0.717, 1.165) is 12.3 Å². The Balaban J connectivity index is 1.46. The molecule has 0 N–H and O–H groups in total. The number of hydrogen-bond donors (Lipinski definition) is 0. The summed E-state index contributed by atoms with van der Waals surface area (Å²) in [6.07, 6.45) is 8.95. The highest BCUT2D eigenvalue weighted by Gasteiger charge is 2.38. The van der Waals surface area contributed by atoms with Crippen LogP contribution in [0.2, 0.25) is 0 Å². The Labute approximate surface area is 155 Å². The number of furan rings is 1. The van der Waals surface area contributed by atoms with Crippen LogP contribution in [0.4, 0.5) is 0 Å². The number of carbonyl (C=O) groups is 1. The van der Waals surface area contributed by atoms with E-state index in [1.807, 2.05) is 18.2 Å². The molecule has 4 nitrogen and oxygen atoms in total. The summed E-state index contributed by atoms with van der Waals surface area (Å²) in [5.74, 6) is 1.20. The van der Waals surface area contributed by atoms with E-state index >= 15 is 0 Å². The molecule has 2 aliphatic rings. The van der Waals surface area contributed by atoms with Crippen LogP contribution in [-0.2, 0) is 17.9 Å². The highest BCUT2D eigenvalue weighted by Crippen LogP contribution is 2.34. The number of nitrogens with zero attached hydrogens (tertiary/aromatic N) is 2. The second-order valence-electron chi connectivity index (χ2n) is 7.68. The smallest absolute Gasteiger partial charge is 0.237 e. The molecule has 138 valence electrons. The third-order valence-corrected chi connectivity index (χ3v) is 5.51. The van der Waals surface area contributed by atoms with Gasteiger partial charge >= 0.3 is 0 Å². The van der Waals surface area contributed by atoms with E-state index in [9.17, 15) is 4.79 Å². The van der Waals surface area contributed by atoms with Crippen LogP contribution >= 0.6 is 0 Å². The number of rotatable bonds is 8. The van der Waals surface area contributed by atoms with Crippen LogP contribution in [0.15, 0.2) is 53.1 Å². The van der Waals surface area contributed by atoms with Crippen LogP contribution in [0, 0.1) is 0 Å². The minimum absolute atomic E-state index is 0.293. The van der Waals surface area contributed by atoms with E-state index in [1.54, 1.807) is 6.26 Å². The van der Waals surface area contributed by atoms with E-state index in [2.05, 4.69) is 34.1 Å². The molecular formula is C22H28N2O2. The summed E-state index contributed by atoms with van der Waals surface area (Å²) in [4.78, 5) is 17.6. The fourth-order valence-electron chi connectivity index (χ4n) is 4.15. The zero-order valence-electron chi connectivity index (χ0n) is 15.3. The van der Waals surface area contributed by atoms with Gasteiger partial charge in [0.1, 0.15) is 5.76 Å². The maximum absolute atomic E-state index is 13.2. The van der Waals surface area contributed by atoms with Crippen molar-refractivity contribution in [3.8, 4) is 0 Å². The molecular weight excluding hydrogens is 324 g/mol. The number of amides is 1. The Morgan fingerprint density at radius 3 is 2.31 bits per heavy atom. The zero-order valence-corrected chi connectivity index (χ0v) is 15.3. The second-order valence-corrected chi connectivity index (χ2v) is 7.68. The predicted molar refractivity (Wildman–Crippen MR) is 101 cm³/mol. The molecule has 0 aliphatic heterocycles. The lowest BCUT2D eigenvalue weighted by molar-refractivity contribution is -0.135. The topological polar surface area (TPSA) is 36.7 Å². The van der Waals surface area contributed by atoms with Crippen LogP contribution < -0.4 is 0 Å². The summed E-state index contributed by atoms with van der Waals surface area (Å²) in [5, 5.41) is 0. The third kappa shape index (κ3) is 4.36. The Morgan fingerprint density at radius 2 is 1.65 bits per heavy atom. The minimum Gasteiger partial charge on any atom is -0.468 e. The van der Waals surface area contributed by atoms with Gasteiger partial charge in [-0.2, -0.15) is 0 Å². The first-order chi connectivity index (χ1) is 12.8. The van der Waals surface area contributed by atoms with Gasteiger partial charge < -0.3 is 9.32 Å². The molecule has 0 bridgehead atoms. The van der Waals surface area contributed by atoms with Crippen molar-refractivity contribution in [1.29, 1.82) is 0 Å². The number of hydrogen-bond acceptors (Lipinski definition) is 3. The molecule has 0 atom stereocenters. The fourth-order valence-corrected chi connectivity index (χ4v) is 4.15. The first-order valence-electron chi connectivity index (χ1n) is 9.89. The zero-order chi connectivity index (χ0) is 17.8. The van der Waals surface area contributed by atoms with Gasteiger partial charge in [-0.05, 0) is 43.4 Å². The van der Waals surface area contributed by atoms with Crippen LogP contribution in [0.1, 0.15) is 49.8 Å². The van der Waals surface area contributed by atoms with E-state index in [1.165, 1.54) is 44.1 Å². The first-order valence-corrected chi connectivity index (χ1v) is 9.89. The van der Waals surface area contributed by atoms with Crippen molar-refractivity contribution in [2.75, 3.05) is 6.54 Å². The average molecular weight is 352 g/mol. The summed E-state index contributed by atoms with van der Waals surface area (Å²) >= 11 is 0. The molecule has 0 unspecified atom stereocenters. The Hall–Kier alpha value is -2.07. The monoisotopic (exact) mass is 352 g/mol. The molecule has 2 aromatic rings. The van der Waals surface area contributed by atoms with Crippen molar-refractivity contribution in [2.45, 2.75) is 63.7 Å². The molecule has 26 heavy (non-hydrogen) atoms. The average Bonchev–Trinajstić information content (AvgIpc) is 3.09. The van der Waals surface area contributed by atoms with Gasteiger partial charge in [-0.3, -0.25) is 9.69 Å². The molecule has 0 radical (unpaired) electrons. The Bertz CT molecular complexity index is 688. The maximum Gasteiger partial charge on any atom is 0.237 e. The third-order valence-electron chi connectivity index (χ3n) is 5.51. The molecule has 4 heteroatoms. The van der Waals surface area contributed by atoms with E-state index in [4.69, 9.17) is 4.42 Å². The van der Waals surface area contributed by atoms with Gasteiger partial charge in [0, 0.05) is 18.6 Å². The molecule has 4 rings (SSSR count). The molecule has 1 aromatic carbocycles. The highest BCUT2D eigenvalue weighted by molar-refractivity contribution is 5.79. The van der Waals surface area contributed by atoms with Gasteiger partial charge in [0.15, 0.2) is 0 Å². The number of benzene rings is 1. The van der Waals surface area contributed by atoms with Crippen LogP contribution in [0.3, 0.4) is 0 Å². The quantitative estimate of drug-likeness (QED) is 0.714. The predicted octanol–water partition coefficient (Wildman–Crippen LogP) is 4.22. The molecule has 1 amide bonds. The summed E-state index contributed by atoms with van der Waals surface area (Å²) in [6, 6.07) is 15.2. The van der Waals surface area contributed by atoms with Gasteiger partial charge in [-0.15, -0.1) is 0 Å². The van der Waals surface area contributed by atoms with E-state index in [0.29, 0.717) is 31.1 Å². The second kappa shape index (κ2) is 8.09. The maximum atomic E-state index is 13.2. The van der Waals surface area contributed by atoms with E-state index in [-0.39, 0.29) is 0 Å². The largest absolute Gasteiger partial charge is 0.468 e. The first kappa shape index (κ1) is 17.3. The number of carbonyl (C=O) groups excluding carboxylic acids is 1. The minimum atomic E-state index is 0.293. The molecule has 2 fully saturated rings. The van der Waals surface area contributed by atoms with Crippen molar-refractivity contribution in [3.05, 3.63) is 60.1 Å². The van der Waals surface area contributed by atoms with Crippen LogP contribution in [0.25, 0.3) is 0 Å². The van der Waals surface area contributed by atoms with E-state index < -0.39 is 0 Å². The standard InChI is InChI=1S/C22H28N2O2/c25-22(24(20-12-13-20)19-9-4-5-10-19)17-23(16-21-11-6-14-26-21)15-18-7-2-1-3-8-18/h1-3,6-8,11,14,19-20H,4-5,9-10,12-13,15-17H2. The van der Waals surface area contributed by atoms with Crippen LogP contribution in [-0.4, -0.2) is 34.3 Å². The molecule has 2 aliphatic carbocycles.